The first kappa shape index (κ1) is 21.4. The molecule has 0 radical (unpaired) electrons. The number of allylic oxidation sites excluding steroid dienone is 3. The molecule has 0 aliphatic carbocycles. The van der Waals surface area contributed by atoms with Crippen molar-refractivity contribution < 1.29 is 9.53 Å². The Kier molecular flexibility index (Phi) is 11.1. The molecule has 128 valence electrons. The summed E-state index contributed by atoms with van der Waals surface area (Å²) in [6.45, 7) is 6.57. The van der Waals surface area contributed by atoms with Crippen molar-refractivity contribution in [3.8, 4) is 0 Å². The van der Waals surface area contributed by atoms with E-state index in [2.05, 4.69) is 26.8 Å². The highest BCUT2D eigenvalue weighted by atomic mass is 35.5. The van der Waals surface area contributed by atoms with E-state index in [1.807, 2.05) is 36.4 Å². The normalized spacial score (nSPS) is 12.1. The van der Waals surface area contributed by atoms with E-state index in [-0.39, 0.29) is 30.8 Å². The molecule has 0 amide bonds. The van der Waals surface area contributed by atoms with Gasteiger partial charge in [0, 0.05) is 6.04 Å². The number of ether oxygens (including phenoxy) is 1. The van der Waals surface area contributed by atoms with Crippen LogP contribution in [0.5, 0.6) is 0 Å². The zero-order chi connectivity index (χ0) is 16.4. The summed E-state index contributed by atoms with van der Waals surface area (Å²) in [5.74, 6) is -0.260. The highest BCUT2D eigenvalue weighted by Crippen LogP contribution is 2.14. The summed E-state index contributed by atoms with van der Waals surface area (Å²) in [5, 5.41) is 0. The average molecular weight is 338 g/mol. The molecule has 1 aromatic carbocycles. The number of benzene rings is 1. The molecule has 0 heterocycles. The maximum Gasteiger partial charge on any atom is 0.308 e. The second kappa shape index (κ2) is 11.9. The first-order valence-electron chi connectivity index (χ1n) is 7.74. The third-order valence-corrected chi connectivity index (χ3v) is 3.38. The van der Waals surface area contributed by atoms with Gasteiger partial charge in [-0.1, -0.05) is 47.6 Å². The number of carbonyl (C=O) groups excluding carboxylic acids is 1. The van der Waals surface area contributed by atoms with Crippen LogP contribution >= 0.6 is 12.4 Å². The van der Waals surface area contributed by atoms with Gasteiger partial charge in [0.2, 0.25) is 0 Å². The minimum atomic E-state index is -0.309. The van der Waals surface area contributed by atoms with Gasteiger partial charge in [0.15, 0.2) is 0 Å². The Balaban J connectivity index is 0.00000484. The summed E-state index contributed by atoms with van der Waals surface area (Å²) < 4.78 is 5.22. The van der Waals surface area contributed by atoms with Crippen molar-refractivity contribution in [1.29, 1.82) is 0 Å². The molecule has 0 bridgehead atoms. The maximum atomic E-state index is 11.8. The summed E-state index contributed by atoms with van der Waals surface area (Å²) in [5.41, 5.74) is 9.51. The van der Waals surface area contributed by atoms with Crippen molar-refractivity contribution >= 4 is 18.4 Å². The molecule has 4 heteroatoms. The van der Waals surface area contributed by atoms with Gasteiger partial charge in [-0.15, -0.1) is 12.4 Å². The molecule has 0 saturated heterocycles. The van der Waals surface area contributed by atoms with Crippen molar-refractivity contribution in [3.05, 3.63) is 59.2 Å². The summed E-state index contributed by atoms with van der Waals surface area (Å²) in [6, 6.07) is 9.29. The first-order valence-corrected chi connectivity index (χ1v) is 7.74. The molecule has 2 N–H and O–H groups in total. The molecule has 0 aromatic heterocycles. The van der Waals surface area contributed by atoms with E-state index >= 15 is 0 Å². The molecule has 0 fully saturated rings. The zero-order valence-corrected chi connectivity index (χ0v) is 15.1. The Labute approximate surface area is 146 Å². The Morgan fingerprint density at radius 3 is 2.43 bits per heavy atom. The molecule has 0 saturated carbocycles. The molecule has 0 unspecified atom stereocenters. The van der Waals surface area contributed by atoms with Gasteiger partial charge in [-0.25, -0.2) is 0 Å². The molecule has 1 atom stereocenters. The lowest BCUT2D eigenvalue weighted by Crippen LogP contribution is -2.17. The van der Waals surface area contributed by atoms with Crippen LogP contribution in [0.1, 0.15) is 51.6 Å². The molecule has 23 heavy (non-hydrogen) atoms. The van der Waals surface area contributed by atoms with E-state index in [4.69, 9.17) is 10.5 Å². The number of nitrogens with two attached hydrogens (primary N) is 1. The van der Waals surface area contributed by atoms with E-state index < -0.39 is 0 Å². The third kappa shape index (κ3) is 9.93. The summed E-state index contributed by atoms with van der Waals surface area (Å²) >= 11 is 0. The average Bonchev–Trinajstić information content (AvgIpc) is 2.47. The van der Waals surface area contributed by atoms with Crippen LogP contribution in [-0.2, 0) is 9.53 Å². The Hall–Kier alpha value is -1.58. The van der Waals surface area contributed by atoms with Crippen LogP contribution in [0.3, 0.4) is 0 Å². The number of carbonyl (C=O) groups is 1. The fraction of sp³-hybridized carbons (Fsp3) is 0.421. The fourth-order valence-corrected chi connectivity index (χ4v) is 2.02. The van der Waals surface area contributed by atoms with Crippen LogP contribution in [0, 0.1) is 0 Å². The minimum absolute atomic E-state index is 0. The second-order valence-electron chi connectivity index (χ2n) is 5.77. The molecule has 0 aliphatic rings. The largest absolute Gasteiger partial charge is 0.461 e. The Bertz CT molecular complexity index is 519. The van der Waals surface area contributed by atoms with Gasteiger partial charge in [0.25, 0.3) is 0 Å². The highest BCUT2D eigenvalue weighted by molar-refractivity contribution is 5.85. The number of rotatable bonds is 8. The van der Waals surface area contributed by atoms with Crippen molar-refractivity contribution in [2.24, 2.45) is 5.73 Å². The predicted molar refractivity (Wildman–Crippen MR) is 98.6 cm³/mol. The SMILES string of the molecule is CC(C)=CCCC(C)=CCOC(=O)C[C@@H](N)c1ccccc1.Cl. The summed E-state index contributed by atoms with van der Waals surface area (Å²) in [7, 11) is 0. The second-order valence-corrected chi connectivity index (χ2v) is 5.77. The van der Waals surface area contributed by atoms with Crippen LogP contribution < -0.4 is 5.73 Å². The number of hydrogen-bond donors (Lipinski definition) is 1. The fourth-order valence-electron chi connectivity index (χ4n) is 2.02. The van der Waals surface area contributed by atoms with Crippen LogP contribution in [0.2, 0.25) is 0 Å². The van der Waals surface area contributed by atoms with E-state index in [0.29, 0.717) is 6.61 Å². The van der Waals surface area contributed by atoms with Crippen molar-refractivity contribution in [3.63, 3.8) is 0 Å². The minimum Gasteiger partial charge on any atom is -0.461 e. The third-order valence-electron chi connectivity index (χ3n) is 3.38. The molecule has 1 rings (SSSR count). The van der Waals surface area contributed by atoms with Gasteiger partial charge >= 0.3 is 5.97 Å². The lowest BCUT2D eigenvalue weighted by molar-refractivity contribution is -0.142. The van der Waals surface area contributed by atoms with Gasteiger partial charge in [-0.3, -0.25) is 4.79 Å². The van der Waals surface area contributed by atoms with Gasteiger partial charge in [-0.05, 0) is 45.3 Å². The lowest BCUT2D eigenvalue weighted by atomic mass is 10.1. The standard InChI is InChI=1S/C19H27NO2.ClH/c1-15(2)8-7-9-16(3)12-13-22-19(21)14-18(20)17-10-5-4-6-11-17;/h4-6,8,10-12,18H,7,9,13-14,20H2,1-3H3;1H/t18-;/m1./s1. The van der Waals surface area contributed by atoms with E-state index in [9.17, 15) is 4.79 Å². The smallest absolute Gasteiger partial charge is 0.308 e. The molecular formula is C19H28ClNO2. The van der Waals surface area contributed by atoms with E-state index in [1.165, 1.54) is 11.1 Å². The monoisotopic (exact) mass is 337 g/mol. The first-order chi connectivity index (χ1) is 10.5. The summed E-state index contributed by atoms with van der Waals surface area (Å²) in [6.07, 6.45) is 6.39. The molecule has 1 aromatic rings. The Morgan fingerprint density at radius 1 is 1.17 bits per heavy atom. The number of hydrogen-bond acceptors (Lipinski definition) is 3. The lowest BCUT2D eigenvalue weighted by Gasteiger charge is -2.11. The maximum absolute atomic E-state index is 11.8. The quantitative estimate of drug-likeness (QED) is 0.551. The predicted octanol–water partition coefficient (Wildman–Crippen LogP) is 4.73. The van der Waals surface area contributed by atoms with Crippen LogP contribution in [0.25, 0.3) is 0 Å². The Morgan fingerprint density at radius 2 is 1.83 bits per heavy atom. The van der Waals surface area contributed by atoms with Gasteiger partial charge in [0.1, 0.15) is 6.61 Å². The van der Waals surface area contributed by atoms with Crippen molar-refractivity contribution in [1.82, 2.24) is 0 Å². The zero-order valence-electron chi connectivity index (χ0n) is 14.2. The molecule has 0 spiro atoms. The summed E-state index contributed by atoms with van der Waals surface area (Å²) in [4.78, 5) is 11.8. The van der Waals surface area contributed by atoms with E-state index in [1.54, 1.807) is 0 Å². The number of halogens is 1. The molecule has 0 aliphatic heterocycles. The van der Waals surface area contributed by atoms with Gasteiger partial charge in [-0.2, -0.15) is 0 Å². The number of esters is 1. The van der Waals surface area contributed by atoms with Crippen molar-refractivity contribution in [2.45, 2.75) is 46.1 Å². The van der Waals surface area contributed by atoms with Gasteiger partial charge in [0.05, 0.1) is 6.42 Å². The topological polar surface area (TPSA) is 52.3 Å². The van der Waals surface area contributed by atoms with E-state index in [0.717, 1.165) is 18.4 Å². The highest BCUT2D eigenvalue weighted by Gasteiger charge is 2.11. The van der Waals surface area contributed by atoms with Crippen LogP contribution in [-0.4, -0.2) is 12.6 Å². The van der Waals surface area contributed by atoms with Gasteiger partial charge < -0.3 is 10.5 Å². The van der Waals surface area contributed by atoms with Crippen molar-refractivity contribution in [2.75, 3.05) is 6.61 Å². The van der Waals surface area contributed by atoms with Crippen LogP contribution in [0.4, 0.5) is 0 Å². The molecule has 3 nitrogen and oxygen atoms in total. The molecular weight excluding hydrogens is 310 g/mol. The van der Waals surface area contributed by atoms with Crippen LogP contribution in [0.15, 0.2) is 53.6 Å².